The Labute approximate surface area is 93.4 Å². The van der Waals surface area contributed by atoms with Gasteiger partial charge >= 0.3 is 5.69 Å². The van der Waals surface area contributed by atoms with Gasteiger partial charge in [-0.3, -0.25) is 10.1 Å². The van der Waals surface area contributed by atoms with E-state index in [1.165, 1.54) is 6.07 Å². The lowest BCUT2D eigenvalue weighted by molar-refractivity contribution is -0.385. The van der Waals surface area contributed by atoms with Crippen molar-refractivity contribution in [2.24, 2.45) is 11.7 Å². The highest BCUT2D eigenvalue weighted by Crippen LogP contribution is 2.33. The molecule has 0 aromatic heterocycles. The van der Waals surface area contributed by atoms with Crippen LogP contribution >= 0.6 is 0 Å². The van der Waals surface area contributed by atoms with E-state index in [0.717, 1.165) is 18.4 Å². The van der Waals surface area contributed by atoms with Gasteiger partial charge in [0.25, 0.3) is 0 Å². The Morgan fingerprint density at radius 3 is 2.81 bits per heavy atom. The molecule has 0 unspecified atom stereocenters. The first kappa shape index (κ1) is 10.9. The summed E-state index contributed by atoms with van der Waals surface area (Å²) in [6.07, 6.45) is 2.31. The number of nitrogens with zero attached hydrogens (tertiary/aromatic N) is 1. The van der Waals surface area contributed by atoms with Gasteiger partial charge in [-0.25, -0.2) is 0 Å². The fourth-order valence-corrected chi connectivity index (χ4v) is 1.44. The number of ether oxygens (including phenoxy) is 1. The molecule has 0 heterocycles. The number of rotatable bonds is 5. The van der Waals surface area contributed by atoms with E-state index >= 15 is 0 Å². The summed E-state index contributed by atoms with van der Waals surface area (Å²) in [4.78, 5) is 10.3. The van der Waals surface area contributed by atoms with Gasteiger partial charge in [-0.1, -0.05) is 6.07 Å². The minimum absolute atomic E-state index is 0.0119. The lowest BCUT2D eigenvalue weighted by atomic mass is 10.2. The maximum atomic E-state index is 10.8. The van der Waals surface area contributed by atoms with E-state index < -0.39 is 4.92 Å². The molecule has 0 amide bonds. The van der Waals surface area contributed by atoms with Crippen molar-refractivity contribution < 1.29 is 9.66 Å². The molecular weight excluding hydrogens is 208 g/mol. The van der Waals surface area contributed by atoms with Crippen LogP contribution in [0.4, 0.5) is 5.69 Å². The topological polar surface area (TPSA) is 78.4 Å². The van der Waals surface area contributed by atoms with Crippen LogP contribution in [0.5, 0.6) is 5.75 Å². The fourth-order valence-electron chi connectivity index (χ4n) is 1.44. The molecule has 1 fully saturated rings. The van der Waals surface area contributed by atoms with E-state index in [2.05, 4.69) is 0 Å². The van der Waals surface area contributed by atoms with Crippen LogP contribution in [0.3, 0.4) is 0 Å². The van der Waals surface area contributed by atoms with Crippen molar-refractivity contribution in [1.29, 1.82) is 0 Å². The molecule has 0 aliphatic heterocycles. The summed E-state index contributed by atoms with van der Waals surface area (Å²) in [6.45, 7) is 0.923. The summed E-state index contributed by atoms with van der Waals surface area (Å²) in [5, 5.41) is 10.8. The van der Waals surface area contributed by atoms with Crippen LogP contribution in [0.15, 0.2) is 18.2 Å². The molecule has 1 aromatic rings. The van der Waals surface area contributed by atoms with Crippen LogP contribution in [0.25, 0.3) is 0 Å². The Balaban J connectivity index is 2.18. The molecule has 0 spiro atoms. The minimum atomic E-state index is -0.428. The fraction of sp³-hybridized carbons (Fsp3) is 0.455. The van der Waals surface area contributed by atoms with E-state index in [-0.39, 0.29) is 5.69 Å². The van der Waals surface area contributed by atoms with Crippen molar-refractivity contribution in [2.45, 2.75) is 19.4 Å². The number of nitrogens with two attached hydrogens (primary N) is 1. The molecular formula is C11H14N2O3. The van der Waals surface area contributed by atoms with Crippen molar-refractivity contribution in [3.8, 4) is 5.75 Å². The van der Waals surface area contributed by atoms with Crippen molar-refractivity contribution in [3.63, 3.8) is 0 Å². The van der Waals surface area contributed by atoms with Gasteiger partial charge in [0.2, 0.25) is 0 Å². The minimum Gasteiger partial charge on any atom is -0.487 e. The van der Waals surface area contributed by atoms with Gasteiger partial charge in [0, 0.05) is 12.6 Å². The van der Waals surface area contributed by atoms with Crippen molar-refractivity contribution in [2.75, 3.05) is 6.61 Å². The SMILES string of the molecule is NCc1ccc([N+](=O)[O-])c(OCC2CC2)c1. The van der Waals surface area contributed by atoms with Crippen molar-refractivity contribution in [1.82, 2.24) is 0 Å². The number of nitro benzene ring substituents is 1. The summed E-state index contributed by atoms with van der Waals surface area (Å²) in [5.41, 5.74) is 6.34. The summed E-state index contributed by atoms with van der Waals surface area (Å²) in [7, 11) is 0. The van der Waals surface area contributed by atoms with Crippen LogP contribution in [-0.2, 0) is 6.54 Å². The molecule has 5 heteroatoms. The Morgan fingerprint density at radius 2 is 2.25 bits per heavy atom. The van der Waals surface area contributed by atoms with Crippen LogP contribution in [-0.4, -0.2) is 11.5 Å². The molecule has 1 saturated carbocycles. The zero-order valence-electron chi connectivity index (χ0n) is 8.89. The first-order valence-corrected chi connectivity index (χ1v) is 5.31. The van der Waals surface area contributed by atoms with Gasteiger partial charge in [0.1, 0.15) is 0 Å². The van der Waals surface area contributed by atoms with Gasteiger partial charge in [0.15, 0.2) is 5.75 Å². The zero-order chi connectivity index (χ0) is 11.5. The molecule has 1 aromatic carbocycles. The zero-order valence-corrected chi connectivity index (χ0v) is 8.89. The van der Waals surface area contributed by atoms with Gasteiger partial charge in [-0.15, -0.1) is 0 Å². The third-order valence-electron chi connectivity index (χ3n) is 2.63. The molecule has 0 bridgehead atoms. The van der Waals surface area contributed by atoms with Crippen LogP contribution in [0, 0.1) is 16.0 Å². The molecule has 86 valence electrons. The van der Waals surface area contributed by atoms with Crippen LogP contribution in [0.2, 0.25) is 0 Å². The van der Waals surface area contributed by atoms with Gasteiger partial charge in [-0.2, -0.15) is 0 Å². The molecule has 2 N–H and O–H groups in total. The standard InChI is InChI=1S/C11H14N2O3/c12-6-9-3-4-10(13(14)15)11(5-9)16-7-8-1-2-8/h3-5,8H,1-2,6-7,12H2. The number of nitro groups is 1. The average Bonchev–Trinajstić information content (AvgIpc) is 3.09. The molecule has 0 saturated heterocycles. The summed E-state index contributed by atoms with van der Waals surface area (Å²) >= 11 is 0. The third kappa shape index (κ3) is 2.49. The molecule has 1 aliphatic rings. The smallest absolute Gasteiger partial charge is 0.310 e. The summed E-state index contributed by atoms with van der Waals surface area (Å²) in [6, 6.07) is 4.76. The second kappa shape index (κ2) is 4.49. The second-order valence-corrected chi connectivity index (χ2v) is 4.02. The third-order valence-corrected chi connectivity index (χ3v) is 2.63. The molecule has 5 nitrogen and oxygen atoms in total. The molecule has 2 rings (SSSR count). The van der Waals surface area contributed by atoms with Crippen molar-refractivity contribution in [3.05, 3.63) is 33.9 Å². The van der Waals surface area contributed by atoms with Gasteiger partial charge < -0.3 is 10.5 Å². The van der Waals surface area contributed by atoms with E-state index in [0.29, 0.717) is 24.8 Å². The number of hydrogen-bond acceptors (Lipinski definition) is 4. The molecule has 0 radical (unpaired) electrons. The molecule has 16 heavy (non-hydrogen) atoms. The number of hydrogen-bond donors (Lipinski definition) is 1. The predicted octanol–water partition coefficient (Wildman–Crippen LogP) is 1.84. The lowest BCUT2D eigenvalue weighted by Gasteiger charge is -2.07. The summed E-state index contributed by atoms with van der Waals surface area (Å²) in [5.74, 6) is 0.904. The van der Waals surface area contributed by atoms with E-state index in [9.17, 15) is 10.1 Å². The average molecular weight is 222 g/mol. The van der Waals surface area contributed by atoms with E-state index in [1.54, 1.807) is 12.1 Å². The normalized spacial score (nSPS) is 14.8. The van der Waals surface area contributed by atoms with Crippen molar-refractivity contribution >= 4 is 5.69 Å². The van der Waals surface area contributed by atoms with Crippen LogP contribution in [0.1, 0.15) is 18.4 Å². The highest BCUT2D eigenvalue weighted by atomic mass is 16.6. The predicted molar refractivity (Wildman–Crippen MR) is 59.2 cm³/mol. The molecule has 1 aliphatic carbocycles. The maximum Gasteiger partial charge on any atom is 0.310 e. The van der Waals surface area contributed by atoms with Crippen LogP contribution < -0.4 is 10.5 Å². The Hall–Kier alpha value is -1.62. The number of benzene rings is 1. The maximum absolute atomic E-state index is 10.8. The highest BCUT2D eigenvalue weighted by molar-refractivity contribution is 5.48. The largest absolute Gasteiger partial charge is 0.487 e. The highest BCUT2D eigenvalue weighted by Gasteiger charge is 2.24. The summed E-state index contributed by atoms with van der Waals surface area (Å²) < 4.78 is 5.47. The van der Waals surface area contributed by atoms with E-state index in [1.807, 2.05) is 0 Å². The second-order valence-electron chi connectivity index (χ2n) is 4.02. The first-order chi connectivity index (χ1) is 7.70. The Morgan fingerprint density at radius 1 is 1.50 bits per heavy atom. The Bertz CT molecular complexity index is 402. The van der Waals surface area contributed by atoms with Gasteiger partial charge in [-0.05, 0) is 30.4 Å². The molecule has 0 atom stereocenters. The lowest BCUT2D eigenvalue weighted by Crippen LogP contribution is -2.04. The first-order valence-electron chi connectivity index (χ1n) is 5.31. The quantitative estimate of drug-likeness (QED) is 0.609. The Kier molecular flexibility index (Phi) is 3.05. The van der Waals surface area contributed by atoms with E-state index in [4.69, 9.17) is 10.5 Å². The van der Waals surface area contributed by atoms with Gasteiger partial charge in [0.05, 0.1) is 11.5 Å². The monoisotopic (exact) mass is 222 g/mol.